The van der Waals surface area contributed by atoms with Gasteiger partial charge in [0.1, 0.15) is 25.4 Å². The summed E-state index contributed by atoms with van der Waals surface area (Å²) in [6, 6.07) is 0. The maximum Gasteiger partial charge on any atom is 0.472 e. The topological polar surface area (TPSA) is 231 Å². The molecule has 0 aromatic heterocycles. The van der Waals surface area contributed by atoms with E-state index in [0.717, 1.165) is 103 Å². The van der Waals surface area contributed by atoms with Gasteiger partial charge in [-0.2, -0.15) is 0 Å². The van der Waals surface area contributed by atoms with Crippen molar-refractivity contribution in [3.63, 3.8) is 0 Å². The molecule has 0 aliphatic carbocycles. The SMILES string of the molecule is CCCCC/C=C\C/C=C\C/C=C\C/C=C\CCCCCCCCCCCCCCCCCCCC(=O)OCC(O)COP(=O)(O)OCC(O)COP(=O)(O)OCC(COC(=O)CCCCCCC/C=C\CCCCCCCC)OC(=O)CCCCCCCCCCCCCCCCC. The first-order chi connectivity index (χ1) is 48.2. The number of hydrogen-bond acceptors (Lipinski definition) is 14. The quantitative estimate of drug-likeness (QED) is 0.0146. The van der Waals surface area contributed by atoms with Crippen molar-refractivity contribution in [2.45, 2.75) is 399 Å². The Morgan fingerprint density at radius 1 is 0.283 bits per heavy atom. The molecule has 0 aromatic carbocycles. The summed E-state index contributed by atoms with van der Waals surface area (Å²) >= 11 is 0. The summed E-state index contributed by atoms with van der Waals surface area (Å²) in [7, 11) is -9.77. The molecule has 5 unspecified atom stereocenters. The zero-order valence-corrected chi connectivity index (χ0v) is 65.2. The lowest BCUT2D eigenvalue weighted by Crippen LogP contribution is -2.30. The van der Waals surface area contributed by atoms with Crippen LogP contribution in [0.25, 0.3) is 0 Å². The van der Waals surface area contributed by atoms with Crippen LogP contribution in [0.1, 0.15) is 380 Å². The molecule has 0 aromatic rings. The van der Waals surface area contributed by atoms with Gasteiger partial charge in [0.15, 0.2) is 6.10 Å². The number of rotatable bonds is 78. The molecule has 0 saturated heterocycles. The van der Waals surface area contributed by atoms with Crippen LogP contribution >= 0.6 is 15.6 Å². The minimum atomic E-state index is -4.92. The van der Waals surface area contributed by atoms with E-state index in [1.165, 1.54) is 218 Å². The van der Waals surface area contributed by atoms with E-state index in [1.807, 2.05) is 0 Å². The fourth-order valence-electron chi connectivity index (χ4n) is 11.5. The molecule has 580 valence electrons. The van der Waals surface area contributed by atoms with Crippen molar-refractivity contribution in [3.05, 3.63) is 60.8 Å². The highest BCUT2D eigenvalue weighted by Crippen LogP contribution is 2.45. The summed E-state index contributed by atoms with van der Waals surface area (Å²) in [6.45, 7) is 2.71. The summed E-state index contributed by atoms with van der Waals surface area (Å²) in [5.41, 5.74) is 0. The highest BCUT2D eigenvalue weighted by Gasteiger charge is 2.29. The number of carbonyl (C=O) groups excluding carboxylic acids is 3. The van der Waals surface area contributed by atoms with Crippen LogP contribution in [0.5, 0.6) is 0 Å². The number of phosphoric acid groups is 2. The molecule has 18 heteroatoms. The molecule has 0 bridgehead atoms. The molecule has 0 fully saturated rings. The summed E-state index contributed by atoms with van der Waals surface area (Å²) in [6.07, 6.45) is 81.4. The molecule has 0 aliphatic rings. The maximum atomic E-state index is 12.9. The number of aliphatic hydroxyl groups is 2. The van der Waals surface area contributed by atoms with Gasteiger partial charge < -0.3 is 34.2 Å². The number of hydrogen-bond donors (Lipinski definition) is 4. The Morgan fingerprint density at radius 3 is 0.828 bits per heavy atom. The Labute approximate surface area is 605 Å². The Bertz CT molecular complexity index is 2050. The molecule has 0 spiro atoms. The van der Waals surface area contributed by atoms with E-state index in [1.54, 1.807) is 0 Å². The average molecular weight is 1440 g/mol. The Morgan fingerprint density at radius 2 is 0.505 bits per heavy atom. The van der Waals surface area contributed by atoms with Gasteiger partial charge in [-0.3, -0.25) is 32.5 Å². The fourth-order valence-corrected chi connectivity index (χ4v) is 13.1. The van der Waals surface area contributed by atoms with Crippen molar-refractivity contribution in [3.8, 4) is 0 Å². The third kappa shape index (κ3) is 76.2. The lowest BCUT2D eigenvalue weighted by Gasteiger charge is -2.21. The number of ether oxygens (including phenoxy) is 3. The molecule has 99 heavy (non-hydrogen) atoms. The standard InChI is InChI=1S/C81H150O16P2/c1-4-7-10-13-16-19-22-25-28-29-30-31-32-33-34-35-36-37-38-39-40-41-42-43-44-45-48-50-52-55-58-61-64-67-79(84)91-70-76(82)71-93-98(87,88)94-72-77(83)73-95-99(89,90)96-75-78(97-81(86)69-66-63-60-57-54-51-47-27-24-21-18-15-12-9-6-3)74-92-80(85)68-65-62-59-56-53-49-46-26-23-20-17-14-11-8-5-2/h16,19,25-26,28,30-31,33-34,46,76-78,82-83H,4-15,17-18,20-24,27,29,32,35-45,47-75H2,1-3H3,(H,87,88)(H,89,90)/b19-16-,28-25-,31-30-,34-33-,46-26-. The van der Waals surface area contributed by atoms with E-state index < -0.39 is 91.5 Å². The van der Waals surface area contributed by atoms with Crippen LogP contribution in [-0.2, 0) is 55.8 Å². The largest absolute Gasteiger partial charge is 0.472 e. The van der Waals surface area contributed by atoms with Crippen molar-refractivity contribution < 1.29 is 75.8 Å². The number of esters is 3. The van der Waals surface area contributed by atoms with Crippen LogP contribution in [0.4, 0.5) is 0 Å². The molecule has 0 heterocycles. The van der Waals surface area contributed by atoms with Crippen LogP contribution in [0.15, 0.2) is 60.8 Å². The van der Waals surface area contributed by atoms with Crippen molar-refractivity contribution in [2.24, 2.45) is 0 Å². The first-order valence-corrected chi connectivity index (χ1v) is 43.6. The van der Waals surface area contributed by atoms with E-state index in [0.29, 0.717) is 19.3 Å². The second-order valence-corrected chi connectivity index (χ2v) is 30.5. The summed E-state index contributed by atoms with van der Waals surface area (Å²) in [5, 5.41) is 20.6. The minimum absolute atomic E-state index is 0.111. The van der Waals surface area contributed by atoms with Crippen LogP contribution in [0.2, 0.25) is 0 Å². The van der Waals surface area contributed by atoms with E-state index in [4.69, 9.17) is 32.3 Å². The summed E-state index contributed by atoms with van der Waals surface area (Å²) in [5.74, 6) is -1.56. The Hall–Kier alpha value is -2.75. The zero-order valence-electron chi connectivity index (χ0n) is 63.4. The molecule has 16 nitrogen and oxygen atoms in total. The number of phosphoric ester groups is 2. The normalized spacial score (nSPS) is 14.3. The van der Waals surface area contributed by atoms with Gasteiger partial charge in [0, 0.05) is 19.3 Å². The molecular formula is C81H150O16P2. The van der Waals surface area contributed by atoms with E-state index in [2.05, 4.69) is 81.5 Å². The third-order valence-electron chi connectivity index (χ3n) is 17.7. The van der Waals surface area contributed by atoms with Gasteiger partial charge in [0.25, 0.3) is 0 Å². The Balaban J connectivity index is 4.36. The third-order valence-corrected chi connectivity index (χ3v) is 19.6. The van der Waals surface area contributed by atoms with Gasteiger partial charge in [0.05, 0.1) is 26.4 Å². The van der Waals surface area contributed by atoms with Crippen LogP contribution < -0.4 is 0 Å². The number of carbonyl (C=O) groups is 3. The van der Waals surface area contributed by atoms with Gasteiger partial charge >= 0.3 is 33.6 Å². The lowest BCUT2D eigenvalue weighted by atomic mass is 10.0. The number of unbranched alkanes of at least 4 members (excludes halogenated alkanes) is 45. The van der Waals surface area contributed by atoms with Crippen molar-refractivity contribution >= 4 is 33.6 Å². The summed E-state index contributed by atoms with van der Waals surface area (Å²) < 4.78 is 61.1. The van der Waals surface area contributed by atoms with Gasteiger partial charge in [-0.15, -0.1) is 0 Å². The molecule has 0 radical (unpaired) electrons. The second kappa shape index (κ2) is 74.9. The summed E-state index contributed by atoms with van der Waals surface area (Å²) in [4.78, 5) is 58.6. The van der Waals surface area contributed by atoms with E-state index in [9.17, 15) is 43.5 Å². The van der Waals surface area contributed by atoms with Crippen molar-refractivity contribution in [2.75, 3.05) is 39.6 Å². The first-order valence-electron chi connectivity index (χ1n) is 40.6. The van der Waals surface area contributed by atoms with Crippen LogP contribution in [0, 0.1) is 0 Å². The maximum absolute atomic E-state index is 12.9. The predicted octanol–water partition coefficient (Wildman–Crippen LogP) is 23.7. The average Bonchev–Trinajstić information content (AvgIpc) is 1.43. The molecule has 0 amide bonds. The van der Waals surface area contributed by atoms with Gasteiger partial charge in [-0.1, -0.05) is 332 Å². The van der Waals surface area contributed by atoms with Gasteiger partial charge in [-0.25, -0.2) is 9.13 Å². The number of allylic oxidation sites excluding steroid dienone is 10. The van der Waals surface area contributed by atoms with Gasteiger partial charge in [0.2, 0.25) is 0 Å². The first kappa shape index (κ1) is 96.2. The predicted molar refractivity (Wildman–Crippen MR) is 409 cm³/mol. The van der Waals surface area contributed by atoms with Gasteiger partial charge in [-0.05, 0) is 89.9 Å². The second-order valence-electron chi connectivity index (χ2n) is 27.6. The lowest BCUT2D eigenvalue weighted by molar-refractivity contribution is -0.161. The van der Waals surface area contributed by atoms with Crippen molar-refractivity contribution in [1.82, 2.24) is 0 Å². The van der Waals surface area contributed by atoms with Crippen molar-refractivity contribution in [1.29, 1.82) is 0 Å². The molecule has 0 aliphatic heterocycles. The highest BCUT2D eigenvalue weighted by atomic mass is 31.2. The van der Waals surface area contributed by atoms with E-state index in [-0.39, 0.29) is 19.3 Å². The van der Waals surface area contributed by atoms with E-state index >= 15 is 0 Å². The minimum Gasteiger partial charge on any atom is -0.463 e. The molecule has 0 rings (SSSR count). The zero-order chi connectivity index (χ0) is 72.3. The fraction of sp³-hybridized carbons (Fsp3) is 0.840. The molecular weight excluding hydrogens is 1290 g/mol. The number of aliphatic hydroxyl groups excluding tert-OH is 2. The monoisotopic (exact) mass is 1440 g/mol. The molecule has 4 N–H and O–H groups in total. The molecule has 5 atom stereocenters. The van der Waals surface area contributed by atoms with Crippen LogP contribution in [-0.4, -0.2) is 95.9 Å². The Kier molecular flexibility index (Phi) is 72.9. The van der Waals surface area contributed by atoms with Crippen LogP contribution in [0.3, 0.4) is 0 Å². The molecule has 0 saturated carbocycles. The smallest absolute Gasteiger partial charge is 0.463 e. The highest BCUT2D eigenvalue weighted by molar-refractivity contribution is 7.47.